The second-order valence-electron chi connectivity index (χ2n) is 6.09. The Morgan fingerprint density at radius 2 is 2.15 bits per heavy atom. The van der Waals surface area contributed by atoms with Gasteiger partial charge in [-0.05, 0) is 18.4 Å². The maximum absolute atomic E-state index is 11.7. The second-order valence-corrected chi connectivity index (χ2v) is 7.04. The molecule has 26 heavy (non-hydrogen) atoms. The molecule has 1 saturated heterocycles. The molecule has 2 aromatic rings. The number of nitrogens with zero attached hydrogens (tertiary/aromatic N) is 4. The normalized spacial score (nSPS) is 17.1. The van der Waals surface area contributed by atoms with Crippen molar-refractivity contribution in [2.75, 3.05) is 39.3 Å². The quantitative estimate of drug-likeness (QED) is 0.722. The highest BCUT2D eigenvalue weighted by atomic mass is 32.1. The molecule has 2 aromatic heterocycles. The topological polar surface area (TPSA) is 112 Å². The first-order valence-electron chi connectivity index (χ1n) is 8.35. The van der Waals surface area contributed by atoms with Crippen molar-refractivity contribution in [2.24, 2.45) is 0 Å². The summed E-state index contributed by atoms with van der Waals surface area (Å²) in [7, 11) is 0. The Balaban J connectivity index is 1.48. The molecule has 0 bridgehead atoms. The van der Waals surface area contributed by atoms with Crippen LogP contribution in [0.25, 0.3) is 10.7 Å². The van der Waals surface area contributed by atoms with Gasteiger partial charge in [-0.15, -0.1) is 11.3 Å². The number of carbonyl (C=O) groups is 2. The molecule has 2 N–H and O–H groups in total. The lowest BCUT2D eigenvalue weighted by molar-refractivity contribution is -0.138. The molecule has 0 spiro atoms. The third kappa shape index (κ3) is 4.65. The van der Waals surface area contributed by atoms with Gasteiger partial charge >= 0.3 is 5.97 Å². The molecule has 140 valence electrons. The van der Waals surface area contributed by atoms with Crippen molar-refractivity contribution in [3.05, 3.63) is 23.4 Å². The van der Waals surface area contributed by atoms with E-state index in [1.54, 1.807) is 11.3 Å². The monoisotopic (exact) mass is 379 g/mol. The maximum atomic E-state index is 11.7. The molecule has 0 aliphatic carbocycles. The fourth-order valence-electron chi connectivity index (χ4n) is 2.81. The molecule has 1 aliphatic heterocycles. The average molecular weight is 379 g/mol. The number of aromatic nitrogens is 2. The van der Waals surface area contributed by atoms with E-state index >= 15 is 0 Å². The van der Waals surface area contributed by atoms with Crippen LogP contribution in [0.15, 0.2) is 22.0 Å². The van der Waals surface area contributed by atoms with E-state index in [4.69, 9.17) is 9.63 Å². The molecule has 1 fully saturated rings. The lowest BCUT2D eigenvalue weighted by Gasteiger charge is -2.36. The van der Waals surface area contributed by atoms with Crippen LogP contribution in [0.3, 0.4) is 0 Å². The van der Waals surface area contributed by atoms with Crippen molar-refractivity contribution in [2.45, 2.75) is 13.0 Å². The standard InChI is InChI=1S/C16H21N5O4S/c1-11(16-18-15(19-25-16)12-3-2-8-26-12)21-6-4-20(5-7-21)10-13(22)17-9-14(23)24/h2-3,8,11H,4-7,9-10H2,1H3,(H,17,22)(H,23,24). The van der Waals surface area contributed by atoms with E-state index in [-0.39, 0.29) is 25.0 Å². The lowest BCUT2D eigenvalue weighted by atomic mass is 10.2. The van der Waals surface area contributed by atoms with E-state index < -0.39 is 5.97 Å². The average Bonchev–Trinajstić information content (AvgIpc) is 3.31. The zero-order valence-electron chi connectivity index (χ0n) is 14.4. The molecule has 3 rings (SSSR count). The van der Waals surface area contributed by atoms with Crippen LogP contribution in [0.2, 0.25) is 0 Å². The third-order valence-electron chi connectivity index (χ3n) is 4.30. The van der Waals surface area contributed by atoms with Gasteiger partial charge in [-0.25, -0.2) is 0 Å². The summed E-state index contributed by atoms with van der Waals surface area (Å²) in [6, 6.07) is 3.91. The zero-order valence-corrected chi connectivity index (χ0v) is 15.2. The van der Waals surface area contributed by atoms with Gasteiger partial charge in [0.25, 0.3) is 0 Å². The van der Waals surface area contributed by atoms with E-state index in [9.17, 15) is 9.59 Å². The van der Waals surface area contributed by atoms with E-state index in [0.29, 0.717) is 11.7 Å². The van der Waals surface area contributed by atoms with Gasteiger partial charge in [0, 0.05) is 26.2 Å². The summed E-state index contributed by atoms with van der Waals surface area (Å²) in [4.78, 5) is 31.9. The summed E-state index contributed by atoms with van der Waals surface area (Å²) in [6.07, 6.45) is 0. The van der Waals surface area contributed by atoms with Gasteiger partial charge in [0.2, 0.25) is 17.6 Å². The predicted octanol–water partition coefficient (Wildman–Crippen LogP) is 0.677. The number of carboxylic acids is 1. The number of hydrogen-bond donors (Lipinski definition) is 2. The van der Waals surface area contributed by atoms with Crippen LogP contribution in [0.1, 0.15) is 18.9 Å². The van der Waals surface area contributed by atoms with E-state index in [2.05, 4.69) is 20.4 Å². The smallest absolute Gasteiger partial charge is 0.322 e. The van der Waals surface area contributed by atoms with Crippen molar-refractivity contribution >= 4 is 23.2 Å². The Kier molecular flexibility index (Phi) is 5.96. The van der Waals surface area contributed by atoms with Crippen LogP contribution in [-0.4, -0.2) is 76.2 Å². The minimum Gasteiger partial charge on any atom is -0.480 e. The van der Waals surface area contributed by atoms with Crippen LogP contribution >= 0.6 is 11.3 Å². The zero-order chi connectivity index (χ0) is 18.5. The lowest BCUT2D eigenvalue weighted by Crippen LogP contribution is -2.50. The molecule has 1 unspecified atom stereocenters. The third-order valence-corrected chi connectivity index (χ3v) is 5.17. The summed E-state index contributed by atoms with van der Waals surface area (Å²) in [6.45, 7) is 4.86. The van der Waals surface area contributed by atoms with Gasteiger partial charge in [0.05, 0.1) is 17.5 Å². The SMILES string of the molecule is CC(c1nc(-c2cccs2)no1)N1CCN(CC(=O)NCC(=O)O)CC1. The first-order valence-corrected chi connectivity index (χ1v) is 9.23. The van der Waals surface area contributed by atoms with E-state index in [1.807, 2.05) is 29.3 Å². The van der Waals surface area contributed by atoms with Crippen LogP contribution in [0.4, 0.5) is 0 Å². The maximum Gasteiger partial charge on any atom is 0.322 e. The van der Waals surface area contributed by atoms with Crippen LogP contribution < -0.4 is 5.32 Å². The Bertz CT molecular complexity index is 740. The molecule has 0 saturated carbocycles. The fraction of sp³-hybridized carbons (Fsp3) is 0.500. The molecular formula is C16H21N5O4S. The molecule has 3 heterocycles. The Labute approximate surface area is 154 Å². The van der Waals surface area contributed by atoms with Gasteiger partial charge in [0.1, 0.15) is 6.54 Å². The Hall–Kier alpha value is -2.30. The number of hydrogen-bond acceptors (Lipinski definition) is 8. The molecular weight excluding hydrogens is 358 g/mol. The number of piperazine rings is 1. The number of nitrogens with one attached hydrogen (secondary N) is 1. The summed E-state index contributed by atoms with van der Waals surface area (Å²) in [5, 5.41) is 17.0. The van der Waals surface area contributed by atoms with E-state index in [0.717, 1.165) is 31.1 Å². The van der Waals surface area contributed by atoms with Crippen molar-refractivity contribution in [3.8, 4) is 10.7 Å². The van der Waals surface area contributed by atoms with Crippen molar-refractivity contribution in [1.29, 1.82) is 0 Å². The van der Waals surface area contributed by atoms with Gasteiger partial charge in [-0.3, -0.25) is 19.4 Å². The van der Waals surface area contributed by atoms with Crippen molar-refractivity contribution in [1.82, 2.24) is 25.3 Å². The number of thiophene rings is 1. The second kappa shape index (κ2) is 8.39. The summed E-state index contributed by atoms with van der Waals surface area (Å²) in [5.74, 6) is -0.124. The number of carbonyl (C=O) groups excluding carboxylic acids is 1. The Morgan fingerprint density at radius 3 is 2.81 bits per heavy atom. The van der Waals surface area contributed by atoms with Gasteiger partial charge in [-0.2, -0.15) is 4.98 Å². The summed E-state index contributed by atoms with van der Waals surface area (Å²) in [5.41, 5.74) is 0. The Morgan fingerprint density at radius 1 is 1.38 bits per heavy atom. The highest BCUT2D eigenvalue weighted by molar-refractivity contribution is 7.13. The van der Waals surface area contributed by atoms with Crippen molar-refractivity contribution < 1.29 is 19.2 Å². The highest BCUT2D eigenvalue weighted by Gasteiger charge is 2.26. The summed E-state index contributed by atoms with van der Waals surface area (Å²) >= 11 is 1.57. The molecule has 1 aliphatic rings. The molecule has 1 amide bonds. The molecule has 10 heteroatoms. The summed E-state index contributed by atoms with van der Waals surface area (Å²) < 4.78 is 5.42. The van der Waals surface area contributed by atoms with Gasteiger partial charge in [-0.1, -0.05) is 11.2 Å². The molecule has 0 aromatic carbocycles. The van der Waals surface area contributed by atoms with Crippen LogP contribution in [0, 0.1) is 0 Å². The first kappa shape index (κ1) is 18.5. The van der Waals surface area contributed by atoms with E-state index in [1.165, 1.54) is 0 Å². The largest absolute Gasteiger partial charge is 0.480 e. The van der Waals surface area contributed by atoms with Crippen LogP contribution in [0.5, 0.6) is 0 Å². The highest BCUT2D eigenvalue weighted by Crippen LogP contribution is 2.25. The predicted molar refractivity (Wildman–Crippen MR) is 94.7 cm³/mol. The molecule has 0 radical (unpaired) electrons. The number of amides is 1. The minimum absolute atomic E-state index is 0.000742. The number of carboxylic acid groups (broad SMARTS) is 1. The van der Waals surface area contributed by atoms with Crippen molar-refractivity contribution in [3.63, 3.8) is 0 Å². The van der Waals surface area contributed by atoms with Gasteiger partial charge < -0.3 is 14.9 Å². The first-order chi connectivity index (χ1) is 12.5. The number of rotatable bonds is 7. The number of aliphatic carboxylic acids is 1. The molecule has 1 atom stereocenters. The van der Waals surface area contributed by atoms with Gasteiger partial charge in [0.15, 0.2) is 0 Å². The molecule has 9 nitrogen and oxygen atoms in total. The minimum atomic E-state index is -1.04. The fourth-order valence-corrected chi connectivity index (χ4v) is 3.46. The van der Waals surface area contributed by atoms with Crippen LogP contribution in [-0.2, 0) is 9.59 Å².